The number of anilines is 2. The molecule has 26 heavy (non-hydrogen) atoms. The van der Waals surface area contributed by atoms with E-state index in [4.69, 9.17) is 0 Å². The van der Waals surface area contributed by atoms with E-state index in [2.05, 4.69) is 41.3 Å². The number of hydrogen-bond donors (Lipinski definition) is 2. The summed E-state index contributed by atoms with van der Waals surface area (Å²) in [5, 5.41) is 6.72. The van der Waals surface area contributed by atoms with E-state index in [9.17, 15) is 9.59 Å². The van der Waals surface area contributed by atoms with Gasteiger partial charge in [-0.1, -0.05) is 24.3 Å². The zero-order chi connectivity index (χ0) is 18.7. The molecular weight excluding hydrogens is 326 g/mol. The minimum atomic E-state index is -0.144. The lowest BCUT2D eigenvalue weighted by Gasteiger charge is -2.08. The smallest absolute Gasteiger partial charge is 0.228 e. The predicted octanol–water partition coefficient (Wildman–Crippen LogP) is 4.36. The summed E-state index contributed by atoms with van der Waals surface area (Å²) < 4.78 is 2.19. The highest BCUT2D eigenvalue weighted by Crippen LogP contribution is 2.25. The number of carbonyl (C=O) groups is 2. The van der Waals surface area contributed by atoms with Gasteiger partial charge in [-0.3, -0.25) is 9.59 Å². The summed E-state index contributed by atoms with van der Waals surface area (Å²) in [4.78, 5) is 23.7. The summed E-state index contributed by atoms with van der Waals surface area (Å²) in [7, 11) is 0. The van der Waals surface area contributed by atoms with Crippen molar-refractivity contribution in [2.24, 2.45) is 0 Å². The molecule has 1 aromatic heterocycles. The fraction of sp³-hybridized carbons (Fsp3) is 0.238. The number of hydrogen-bond acceptors (Lipinski definition) is 2. The first kappa shape index (κ1) is 17.7. The Bertz CT molecular complexity index is 957. The van der Waals surface area contributed by atoms with Gasteiger partial charge in [0, 0.05) is 41.4 Å². The third-order valence-electron chi connectivity index (χ3n) is 4.20. The Balaban J connectivity index is 1.79. The summed E-state index contributed by atoms with van der Waals surface area (Å²) in [6, 6.07) is 15.6. The molecule has 0 radical (unpaired) electrons. The Labute approximate surface area is 153 Å². The molecule has 0 unspecified atom stereocenters. The minimum absolute atomic E-state index is 0.0864. The number of fused-ring (bicyclic) bond motifs is 1. The van der Waals surface area contributed by atoms with E-state index in [1.807, 2.05) is 18.2 Å². The molecule has 2 amide bonds. The lowest BCUT2D eigenvalue weighted by Crippen LogP contribution is -2.14. The summed E-state index contributed by atoms with van der Waals surface area (Å²) in [5.74, 6) is -0.230. The molecule has 5 heteroatoms. The van der Waals surface area contributed by atoms with Crippen molar-refractivity contribution >= 4 is 34.1 Å². The number of carbonyl (C=O) groups excluding carboxylic acids is 2. The zero-order valence-corrected chi connectivity index (χ0v) is 15.2. The van der Waals surface area contributed by atoms with Gasteiger partial charge in [0.25, 0.3) is 0 Å². The van der Waals surface area contributed by atoms with Crippen LogP contribution in [0.2, 0.25) is 0 Å². The van der Waals surface area contributed by atoms with Crippen molar-refractivity contribution in [3.63, 3.8) is 0 Å². The van der Waals surface area contributed by atoms with E-state index >= 15 is 0 Å². The first-order valence-corrected chi connectivity index (χ1v) is 8.70. The number of amides is 2. The van der Waals surface area contributed by atoms with Crippen LogP contribution in [0.1, 0.15) is 32.4 Å². The molecule has 0 atom stereocenters. The van der Waals surface area contributed by atoms with Crippen LogP contribution in [0.4, 0.5) is 11.4 Å². The molecule has 0 spiro atoms. The lowest BCUT2D eigenvalue weighted by atomic mass is 10.1. The molecule has 0 aliphatic heterocycles. The molecule has 2 aromatic carbocycles. The van der Waals surface area contributed by atoms with Crippen molar-refractivity contribution in [3.05, 3.63) is 60.3 Å². The number of rotatable bonds is 5. The average Bonchev–Trinajstić information content (AvgIpc) is 2.93. The SMILES string of the molecule is CC(=O)Nc1cccc(NC(=O)Cc2cn(C(C)C)c3ccccc23)c1. The Kier molecular flexibility index (Phi) is 5.07. The molecule has 2 N–H and O–H groups in total. The van der Waals surface area contributed by atoms with E-state index in [-0.39, 0.29) is 11.8 Å². The first-order chi connectivity index (χ1) is 12.4. The Morgan fingerprint density at radius 1 is 1.00 bits per heavy atom. The van der Waals surface area contributed by atoms with Crippen molar-refractivity contribution in [1.82, 2.24) is 4.57 Å². The molecule has 3 rings (SSSR count). The van der Waals surface area contributed by atoms with Gasteiger partial charge in [0.2, 0.25) is 11.8 Å². The molecule has 1 heterocycles. The number of nitrogens with zero attached hydrogens (tertiary/aromatic N) is 1. The van der Waals surface area contributed by atoms with Crippen LogP contribution in [-0.4, -0.2) is 16.4 Å². The van der Waals surface area contributed by atoms with E-state index in [0.29, 0.717) is 23.8 Å². The van der Waals surface area contributed by atoms with Crippen LogP contribution in [-0.2, 0) is 16.0 Å². The fourth-order valence-electron chi connectivity index (χ4n) is 3.10. The van der Waals surface area contributed by atoms with Crippen molar-refractivity contribution in [2.75, 3.05) is 10.6 Å². The van der Waals surface area contributed by atoms with E-state index in [1.165, 1.54) is 6.92 Å². The minimum Gasteiger partial charge on any atom is -0.345 e. The maximum absolute atomic E-state index is 12.5. The second-order valence-corrected chi connectivity index (χ2v) is 6.66. The van der Waals surface area contributed by atoms with Crippen LogP contribution in [0.15, 0.2) is 54.7 Å². The number of para-hydroxylation sites is 1. The third kappa shape index (κ3) is 3.94. The van der Waals surface area contributed by atoms with Gasteiger partial charge in [-0.2, -0.15) is 0 Å². The predicted molar refractivity (Wildman–Crippen MR) is 105 cm³/mol. The van der Waals surface area contributed by atoms with E-state index in [1.54, 1.807) is 24.3 Å². The summed E-state index contributed by atoms with van der Waals surface area (Å²) >= 11 is 0. The topological polar surface area (TPSA) is 63.1 Å². The Morgan fingerprint density at radius 3 is 2.38 bits per heavy atom. The van der Waals surface area contributed by atoms with Gasteiger partial charge in [-0.25, -0.2) is 0 Å². The van der Waals surface area contributed by atoms with Crippen LogP contribution in [0.5, 0.6) is 0 Å². The molecular formula is C21H23N3O2. The van der Waals surface area contributed by atoms with Crippen molar-refractivity contribution in [2.45, 2.75) is 33.2 Å². The standard InChI is InChI=1S/C21H23N3O2/c1-14(2)24-13-16(19-9-4-5-10-20(19)24)11-21(26)23-18-8-6-7-17(12-18)22-15(3)25/h4-10,12-14H,11H2,1-3H3,(H,22,25)(H,23,26). The van der Waals surface area contributed by atoms with Gasteiger partial charge in [0.15, 0.2) is 0 Å². The number of nitrogens with one attached hydrogen (secondary N) is 2. The van der Waals surface area contributed by atoms with Gasteiger partial charge >= 0.3 is 0 Å². The zero-order valence-electron chi connectivity index (χ0n) is 15.2. The molecule has 3 aromatic rings. The average molecular weight is 349 g/mol. The molecule has 5 nitrogen and oxygen atoms in total. The second-order valence-electron chi connectivity index (χ2n) is 6.66. The third-order valence-corrected chi connectivity index (χ3v) is 4.20. The van der Waals surface area contributed by atoms with Crippen molar-refractivity contribution in [1.29, 1.82) is 0 Å². The Hall–Kier alpha value is -3.08. The van der Waals surface area contributed by atoms with Crippen LogP contribution in [0.3, 0.4) is 0 Å². The van der Waals surface area contributed by atoms with Crippen molar-refractivity contribution < 1.29 is 9.59 Å². The highest BCUT2D eigenvalue weighted by atomic mass is 16.2. The molecule has 0 bridgehead atoms. The maximum Gasteiger partial charge on any atom is 0.228 e. The largest absolute Gasteiger partial charge is 0.345 e. The summed E-state index contributed by atoms with van der Waals surface area (Å²) in [6.45, 7) is 5.71. The van der Waals surface area contributed by atoms with E-state index < -0.39 is 0 Å². The van der Waals surface area contributed by atoms with Crippen LogP contribution in [0.25, 0.3) is 10.9 Å². The Morgan fingerprint density at radius 2 is 1.69 bits per heavy atom. The van der Waals surface area contributed by atoms with Gasteiger partial charge in [-0.15, -0.1) is 0 Å². The molecule has 0 aliphatic carbocycles. The monoisotopic (exact) mass is 349 g/mol. The van der Waals surface area contributed by atoms with Crippen LogP contribution in [0, 0.1) is 0 Å². The normalized spacial score (nSPS) is 10.9. The maximum atomic E-state index is 12.5. The molecule has 0 aliphatic rings. The van der Waals surface area contributed by atoms with Crippen LogP contribution >= 0.6 is 0 Å². The van der Waals surface area contributed by atoms with Crippen molar-refractivity contribution in [3.8, 4) is 0 Å². The summed E-state index contributed by atoms with van der Waals surface area (Å²) in [6.07, 6.45) is 2.35. The number of benzene rings is 2. The fourth-order valence-corrected chi connectivity index (χ4v) is 3.10. The molecule has 0 saturated carbocycles. The number of aromatic nitrogens is 1. The lowest BCUT2D eigenvalue weighted by molar-refractivity contribution is -0.115. The second kappa shape index (κ2) is 7.44. The molecule has 134 valence electrons. The first-order valence-electron chi connectivity index (χ1n) is 8.70. The molecule has 0 saturated heterocycles. The molecule has 0 fully saturated rings. The van der Waals surface area contributed by atoms with E-state index in [0.717, 1.165) is 16.5 Å². The van der Waals surface area contributed by atoms with Gasteiger partial charge in [-0.05, 0) is 43.7 Å². The van der Waals surface area contributed by atoms with Gasteiger partial charge in [0.05, 0.1) is 6.42 Å². The van der Waals surface area contributed by atoms with Gasteiger partial charge in [0.1, 0.15) is 0 Å². The summed E-state index contributed by atoms with van der Waals surface area (Å²) in [5.41, 5.74) is 3.46. The van der Waals surface area contributed by atoms with Crippen LogP contribution < -0.4 is 10.6 Å². The quantitative estimate of drug-likeness (QED) is 0.719. The highest BCUT2D eigenvalue weighted by molar-refractivity contribution is 5.97. The highest BCUT2D eigenvalue weighted by Gasteiger charge is 2.13. The van der Waals surface area contributed by atoms with Gasteiger partial charge < -0.3 is 15.2 Å².